The smallest absolute Gasteiger partial charge is 0.0708 e. The van der Waals surface area contributed by atoms with Crippen LogP contribution in [0.5, 0.6) is 0 Å². The lowest BCUT2D eigenvalue weighted by Crippen LogP contribution is -1.91. The van der Waals surface area contributed by atoms with Crippen LogP contribution in [0, 0.1) is 0 Å². The topological polar surface area (TPSA) is 25.8 Å². The second-order valence-corrected chi connectivity index (χ2v) is 6.38. The summed E-state index contributed by atoms with van der Waals surface area (Å²) in [4.78, 5) is 9.26. The predicted octanol–water partition coefficient (Wildman–Crippen LogP) is 6.46. The third kappa shape index (κ3) is 3.42. The van der Waals surface area contributed by atoms with E-state index < -0.39 is 0 Å². The Hall–Kier alpha value is -3.52. The Bertz CT molecular complexity index is 1200. The van der Waals surface area contributed by atoms with Gasteiger partial charge in [0.25, 0.3) is 0 Å². The molecule has 0 radical (unpaired) electrons. The highest BCUT2D eigenvalue weighted by molar-refractivity contribution is 5.91. The van der Waals surface area contributed by atoms with Crippen molar-refractivity contribution in [1.82, 2.24) is 9.97 Å². The summed E-state index contributed by atoms with van der Waals surface area (Å²) in [6.45, 7) is 6.02. The SMILES string of the molecule is C=C/C(=C\C(=C/C)c1cc2ccccc2cn1)c1cc2ccccc2cn1. The molecular weight excluding hydrogens is 328 g/mol. The quantitative estimate of drug-likeness (QED) is 0.396. The van der Waals surface area contributed by atoms with E-state index in [9.17, 15) is 0 Å². The Morgan fingerprint density at radius 2 is 1.22 bits per heavy atom. The molecule has 0 atom stereocenters. The number of hydrogen-bond donors (Lipinski definition) is 0. The third-order valence-corrected chi connectivity index (χ3v) is 4.70. The number of pyridine rings is 2. The molecule has 0 N–H and O–H groups in total. The molecule has 0 bridgehead atoms. The van der Waals surface area contributed by atoms with E-state index in [0.29, 0.717) is 0 Å². The summed E-state index contributed by atoms with van der Waals surface area (Å²) in [6.07, 6.45) is 9.85. The molecule has 0 unspecified atom stereocenters. The summed E-state index contributed by atoms with van der Waals surface area (Å²) in [5.41, 5.74) is 3.87. The first-order valence-corrected chi connectivity index (χ1v) is 8.99. The van der Waals surface area contributed by atoms with Gasteiger partial charge < -0.3 is 0 Å². The monoisotopic (exact) mass is 348 g/mol. The minimum atomic E-state index is 0.906. The van der Waals surface area contributed by atoms with Gasteiger partial charge in [-0.2, -0.15) is 0 Å². The van der Waals surface area contributed by atoms with Crippen LogP contribution in [0.3, 0.4) is 0 Å². The maximum atomic E-state index is 4.64. The average molecular weight is 348 g/mol. The van der Waals surface area contributed by atoms with Crippen LogP contribution in [0.2, 0.25) is 0 Å². The maximum absolute atomic E-state index is 4.64. The Labute approximate surface area is 159 Å². The molecule has 4 rings (SSSR count). The number of allylic oxidation sites excluding steroid dienone is 5. The second kappa shape index (κ2) is 7.38. The normalized spacial score (nSPS) is 12.5. The maximum Gasteiger partial charge on any atom is 0.0708 e. The molecule has 0 saturated carbocycles. The van der Waals surface area contributed by atoms with E-state index in [1.54, 1.807) is 0 Å². The van der Waals surface area contributed by atoms with Crippen LogP contribution < -0.4 is 0 Å². The fourth-order valence-corrected chi connectivity index (χ4v) is 3.19. The summed E-state index contributed by atoms with van der Waals surface area (Å²) >= 11 is 0. The lowest BCUT2D eigenvalue weighted by Gasteiger charge is -2.08. The highest BCUT2D eigenvalue weighted by Crippen LogP contribution is 2.25. The van der Waals surface area contributed by atoms with E-state index in [1.807, 2.05) is 49.7 Å². The summed E-state index contributed by atoms with van der Waals surface area (Å²) in [6, 6.07) is 20.7. The minimum absolute atomic E-state index is 0.906. The summed E-state index contributed by atoms with van der Waals surface area (Å²) in [5.74, 6) is 0. The van der Waals surface area contributed by atoms with Crippen molar-refractivity contribution in [1.29, 1.82) is 0 Å². The fourth-order valence-electron chi connectivity index (χ4n) is 3.19. The molecule has 2 heteroatoms. The van der Waals surface area contributed by atoms with Gasteiger partial charge in [-0.15, -0.1) is 0 Å². The molecule has 4 aromatic rings. The summed E-state index contributed by atoms with van der Waals surface area (Å²) in [5, 5.41) is 4.62. The van der Waals surface area contributed by atoms with Crippen molar-refractivity contribution in [3.05, 3.63) is 109 Å². The lowest BCUT2D eigenvalue weighted by molar-refractivity contribution is 1.30. The number of aromatic nitrogens is 2. The average Bonchev–Trinajstić information content (AvgIpc) is 2.74. The van der Waals surface area contributed by atoms with Gasteiger partial charge in [0.05, 0.1) is 11.4 Å². The molecule has 130 valence electrons. The molecule has 0 spiro atoms. The fraction of sp³-hybridized carbons (Fsp3) is 0.0400. The van der Waals surface area contributed by atoms with Crippen molar-refractivity contribution in [2.75, 3.05) is 0 Å². The van der Waals surface area contributed by atoms with Crippen molar-refractivity contribution in [3.63, 3.8) is 0 Å². The minimum Gasteiger partial charge on any atom is -0.256 e. The second-order valence-electron chi connectivity index (χ2n) is 6.38. The van der Waals surface area contributed by atoms with Crippen LogP contribution in [0.4, 0.5) is 0 Å². The van der Waals surface area contributed by atoms with E-state index in [0.717, 1.165) is 33.3 Å². The van der Waals surface area contributed by atoms with E-state index in [1.165, 1.54) is 10.8 Å². The zero-order valence-corrected chi connectivity index (χ0v) is 15.3. The van der Waals surface area contributed by atoms with Crippen LogP contribution in [0.1, 0.15) is 18.3 Å². The van der Waals surface area contributed by atoms with Crippen molar-refractivity contribution in [2.45, 2.75) is 6.92 Å². The highest BCUT2D eigenvalue weighted by atomic mass is 14.7. The first kappa shape index (κ1) is 16.9. The molecule has 2 heterocycles. The van der Waals surface area contributed by atoms with Crippen LogP contribution in [0.15, 0.2) is 97.9 Å². The Balaban J connectivity index is 1.77. The Morgan fingerprint density at radius 3 is 1.70 bits per heavy atom. The van der Waals surface area contributed by atoms with Gasteiger partial charge in [-0.25, -0.2) is 0 Å². The van der Waals surface area contributed by atoms with Gasteiger partial charge in [-0.05, 0) is 41.5 Å². The molecule has 0 aliphatic carbocycles. The van der Waals surface area contributed by atoms with E-state index in [4.69, 9.17) is 0 Å². The third-order valence-electron chi connectivity index (χ3n) is 4.70. The van der Waals surface area contributed by atoms with Crippen LogP contribution in [0.25, 0.3) is 32.7 Å². The van der Waals surface area contributed by atoms with E-state index >= 15 is 0 Å². The Kier molecular flexibility index (Phi) is 4.63. The van der Waals surface area contributed by atoms with Crippen LogP contribution >= 0.6 is 0 Å². The zero-order chi connectivity index (χ0) is 18.6. The molecule has 0 saturated heterocycles. The summed E-state index contributed by atoms with van der Waals surface area (Å²) < 4.78 is 0. The van der Waals surface area contributed by atoms with Crippen molar-refractivity contribution in [3.8, 4) is 0 Å². The number of benzene rings is 2. The highest BCUT2D eigenvalue weighted by Gasteiger charge is 2.06. The molecule has 2 nitrogen and oxygen atoms in total. The molecule has 27 heavy (non-hydrogen) atoms. The largest absolute Gasteiger partial charge is 0.256 e. The molecular formula is C25H20N2. The van der Waals surface area contributed by atoms with Gasteiger partial charge in [-0.3, -0.25) is 9.97 Å². The van der Waals surface area contributed by atoms with Gasteiger partial charge >= 0.3 is 0 Å². The standard InChI is InChI=1S/C25H20N2/c1-3-18(24-14-20-9-5-7-11-22(20)16-26-24)13-19(4-2)25-15-21-10-6-8-12-23(21)17-27-25/h3-17H,1H2,2H3/b18-13+,19-4+. The zero-order valence-electron chi connectivity index (χ0n) is 15.3. The molecule has 0 amide bonds. The van der Waals surface area contributed by atoms with E-state index in [-0.39, 0.29) is 0 Å². The first-order valence-electron chi connectivity index (χ1n) is 8.99. The number of fused-ring (bicyclic) bond motifs is 2. The number of rotatable bonds is 4. The molecule has 0 aliphatic rings. The first-order chi connectivity index (χ1) is 13.3. The van der Waals surface area contributed by atoms with Gasteiger partial charge in [0.2, 0.25) is 0 Å². The van der Waals surface area contributed by atoms with Crippen molar-refractivity contribution in [2.24, 2.45) is 0 Å². The Morgan fingerprint density at radius 1 is 0.741 bits per heavy atom. The molecule has 2 aromatic carbocycles. The van der Waals surface area contributed by atoms with Crippen molar-refractivity contribution >= 4 is 32.7 Å². The summed E-state index contributed by atoms with van der Waals surface area (Å²) in [7, 11) is 0. The van der Waals surface area contributed by atoms with Crippen LogP contribution in [-0.4, -0.2) is 9.97 Å². The van der Waals surface area contributed by atoms with Crippen LogP contribution in [-0.2, 0) is 0 Å². The van der Waals surface area contributed by atoms with Gasteiger partial charge in [0.15, 0.2) is 0 Å². The van der Waals surface area contributed by atoms with Gasteiger partial charge in [0.1, 0.15) is 0 Å². The lowest BCUT2D eigenvalue weighted by atomic mass is 10.0. The molecule has 2 aromatic heterocycles. The van der Waals surface area contributed by atoms with Crippen molar-refractivity contribution < 1.29 is 0 Å². The van der Waals surface area contributed by atoms with E-state index in [2.05, 4.69) is 65.1 Å². The molecule has 0 aliphatic heterocycles. The predicted molar refractivity (Wildman–Crippen MR) is 115 cm³/mol. The number of hydrogen-bond acceptors (Lipinski definition) is 2. The molecule has 0 fully saturated rings. The van der Waals surface area contributed by atoms with Gasteiger partial charge in [-0.1, -0.05) is 67.3 Å². The van der Waals surface area contributed by atoms with Gasteiger partial charge in [0, 0.05) is 28.7 Å². The number of nitrogens with zero attached hydrogens (tertiary/aromatic N) is 2.